The Balaban J connectivity index is 2.02. The summed E-state index contributed by atoms with van der Waals surface area (Å²) in [5.74, 6) is -3.10. The maximum atomic E-state index is 12.7. The molecule has 22 heavy (non-hydrogen) atoms. The number of carbonyl (C=O) groups excluding carboxylic acids is 1. The molecule has 1 fully saturated rings. The first-order chi connectivity index (χ1) is 10.3. The molecular weight excluding hydrogens is 299 g/mol. The summed E-state index contributed by atoms with van der Waals surface area (Å²) in [7, 11) is 0. The van der Waals surface area contributed by atoms with Crippen LogP contribution in [0.5, 0.6) is 0 Å². The number of alkyl halides is 3. The Kier molecular flexibility index (Phi) is 4.73. The van der Waals surface area contributed by atoms with Gasteiger partial charge in [-0.05, 0) is 37.5 Å². The summed E-state index contributed by atoms with van der Waals surface area (Å²) in [6.07, 6.45) is -3.38. The smallest absolute Gasteiger partial charge is 0.391 e. The number of nitrogens with one attached hydrogen (secondary N) is 1. The molecule has 120 valence electrons. The van der Waals surface area contributed by atoms with Gasteiger partial charge in [0.05, 0.1) is 11.5 Å². The summed E-state index contributed by atoms with van der Waals surface area (Å²) in [5, 5.41) is 11.5. The Labute approximate surface area is 125 Å². The number of hydrogen-bond donors (Lipinski definition) is 2. The molecule has 1 aromatic rings. The lowest BCUT2D eigenvalue weighted by Gasteiger charge is -2.31. The molecule has 1 amide bonds. The van der Waals surface area contributed by atoms with Crippen LogP contribution >= 0.6 is 0 Å². The third-order valence-corrected chi connectivity index (χ3v) is 3.84. The van der Waals surface area contributed by atoms with Crippen LogP contribution in [-0.2, 0) is 0 Å². The van der Waals surface area contributed by atoms with E-state index in [1.807, 2.05) is 0 Å². The molecule has 0 aliphatic heterocycles. The minimum absolute atomic E-state index is 0.0375. The van der Waals surface area contributed by atoms with Crippen molar-refractivity contribution in [2.24, 2.45) is 5.92 Å². The Hall–Kier alpha value is -2.05. The van der Waals surface area contributed by atoms with Crippen LogP contribution in [0.15, 0.2) is 24.3 Å². The predicted octanol–water partition coefficient (Wildman–Crippen LogP) is 3.24. The van der Waals surface area contributed by atoms with Crippen molar-refractivity contribution in [2.75, 3.05) is 0 Å². The molecule has 0 radical (unpaired) electrons. The SMILES string of the molecule is O=C(O)c1cccc(C(=O)N[C@H]2CCC[C@@H](C(F)(F)F)C2)c1. The molecule has 0 unspecified atom stereocenters. The van der Waals surface area contributed by atoms with Crippen molar-refractivity contribution in [3.63, 3.8) is 0 Å². The van der Waals surface area contributed by atoms with Crippen molar-refractivity contribution < 1.29 is 27.9 Å². The fraction of sp³-hybridized carbons (Fsp3) is 0.467. The summed E-state index contributed by atoms with van der Waals surface area (Å²) < 4.78 is 38.2. The second kappa shape index (κ2) is 6.37. The lowest BCUT2D eigenvalue weighted by molar-refractivity contribution is -0.183. The zero-order chi connectivity index (χ0) is 16.3. The number of rotatable bonds is 3. The third-order valence-electron chi connectivity index (χ3n) is 3.84. The third kappa shape index (κ3) is 3.99. The van der Waals surface area contributed by atoms with Gasteiger partial charge in [-0.15, -0.1) is 0 Å². The Morgan fingerprint density at radius 2 is 1.86 bits per heavy atom. The number of aromatic carboxylic acids is 1. The number of carboxylic acid groups (broad SMARTS) is 1. The topological polar surface area (TPSA) is 66.4 Å². The van der Waals surface area contributed by atoms with Crippen LogP contribution in [-0.4, -0.2) is 29.2 Å². The molecular formula is C15H16F3NO3. The van der Waals surface area contributed by atoms with Gasteiger partial charge in [0, 0.05) is 11.6 Å². The van der Waals surface area contributed by atoms with Crippen LogP contribution in [0.2, 0.25) is 0 Å². The number of halogens is 3. The van der Waals surface area contributed by atoms with E-state index >= 15 is 0 Å². The Morgan fingerprint density at radius 1 is 1.18 bits per heavy atom. The summed E-state index contributed by atoms with van der Waals surface area (Å²) in [4.78, 5) is 22.9. The van der Waals surface area contributed by atoms with Crippen molar-refractivity contribution in [1.29, 1.82) is 0 Å². The maximum Gasteiger partial charge on any atom is 0.391 e. The van der Waals surface area contributed by atoms with Crippen LogP contribution in [0, 0.1) is 5.92 Å². The molecule has 0 heterocycles. The number of amides is 1. The fourth-order valence-corrected chi connectivity index (χ4v) is 2.68. The lowest BCUT2D eigenvalue weighted by Crippen LogP contribution is -2.41. The van der Waals surface area contributed by atoms with Gasteiger partial charge in [-0.3, -0.25) is 4.79 Å². The zero-order valence-corrected chi connectivity index (χ0v) is 11.7. The second-order valence-electron chi connectivity index (χ2n) is 5.46. The minimum atomic E-state index is -4.24. The van der Waals surface area contributed by atoms with Gasteiger partial charge in [-0.25, -0.2) is 4.79 Å². The monoisotopic (exact) mass is 315 g/mol. The summed E-state index contributed by atoms with van der Waals surface area (Å²) in [5.41, 5.74) is 0.0958. The van der Waals surface area contributed by atoms with Gasteiger partial charge in [-0.2, -0.15) is 13.2 Å². The average molecular weight is 315 g/mol. The van der Waals surface area contributed by atoms with E-state index in [-0.39, 0.29) is 24.0 Å². The molecule has 0 bridgehead atoms. The van der Waals surface area contributed by atoms with Crippen LogP contribution in [0.3, 0.4) is 0 Å². The Bertz CT molecular complexity index is 571. The minimum Gasteiger partial charge on any atom is -0.478 e. The van der Waals surface area contributed by atoms with Crippen LogP contribution in [0.4, 0.5) is 13.2 Å². The zero-order valence-electron chi connectivity index (χ0n) is 11.7. The lowest BCUT2D eigenvalue weighted by atomic mass is 9.85. The number of carboxylic acids is 1. The summed E-state index contributed by atoms with van der Waals surface area (Å²) in [6.45, 7) is 0. The first kappa shape index (κ1) is 16.3. The van der Waals surface area contributed by atoms with E-state index in [0.717, 1.165) is 0 Å². The van der Waals surface area contributed by atoms with E-state index in [1.54, 1.807) is 0 Å². The molecule has 0 spiro atoms. The van der Waals surface area contributed by atoms with Crippen molar-refractivity contribution in [2.45, 2.75) is 37.9 Å². The van der Waals surface area contributed by atoms with E-state index in [1.165, 1.54) is 24.3 Å². The molecule has 0 aromatic heterocycles. The maximum absolute atomic E-state index is 12.7. The number of hydrogen-bond acceptors (Lipinski definition) is 2. The van der Waals surface area contributed by atoms with Gasteiger partial charge < -0.3 is 10.4 Å². The van der Waals surface area contributed by atoms with E-state index in [0.29, 0.717) is 12.8 Å². The van der Waals surface area contributed by atoms with Crippen LogP contribution < -0.4 is 5.32 Å². The molecule has 7 heteroatoms. The van der Waals surface area contributed by atoms with Crippen molar-refractivity contribution >= 4 is 11.9 Å². The molecule has 1 aliphatic rings. The molecule has 2 N–H and O–H groups in total. The first-order valence-electron chi connectivity index (χ1n) is 6.98. The molecule has 1 saturated carbocycles. The van der Waals surface area contributed by atoms with Crippen LogP contribution in [0.1, 0.15) is 46.4 Å². The highest BCUT2D eigenvalue weighted by Crippen LogP contribution is 2.37. The van der Waals surface area contributed by atoms with Gasteiger partial charge in [-0.1, -0.05) is 12.5 Å². The molecule has 1 aliphatic carbocycles. The van der Waals surface area contributed by atoms with Crippen molar-refractivity contribution in [3.8, 4) is 0 Å². The Morgan fingerprint density at radius 3 is 2.50 bits per heavy atom. The van der Waals surface area contributed by atoms with Gasteiger partial charge in [0.2, 0.25) is 0 Å². The second-order valence-corrected chi connectivity index (χ2v) is 5.46. The normalized spacial score (nSPS) is 22.1. The standard InChI is InChI=1S/C15H16F3NO3/c16-15(17,18)11-5-2-6-12(8-11)19-13(20)9-3-1-4-10(7-9)14(21)22/h1,3-4,7,11-12H,2,5-6,8H2,(H,19,20)(H,21,22)/t11-,12+/m1/s1. The highest BCUT2D eigenvalue weighted by molar-refractivity contribution is 5.97. The van der Waals surface area contributed by atoms with E-state index in [4.69, 9.17) is 5.11 Å². The number of benzene rings is 1. The summed E-state index contributed by atoms with van der Waals surface area (Å²) >= 11 is 0. The largest absolute Gasteiger partial charge is 0.478 e. The molecule has 2 rings (SSSR count). The first-order valence-corrected chi connectivity index (χ1v) is 6.98. The summed E-state index contributed by atoms with van der Waals surface area (Å²) in [6, 6.07) is 4.88. The van der Waals surface area contributed by atoms with E-state index in [9.17, 15) is 22.8 Å². The highest BCUT2D eigenvalue weighted by Gasteiger charge is 2.42. The highest BCUT2D eigenvalue weighted by atomic mass is 19.4. The average Bonchev–Trinajstić information content (AvgIpc) is 2.46. The molecule has 1 aromatic carbocycles. The van der Waals surface area contributed by atoms with Crippen molar-refractivity contribution in [3.05, 3.63) is 35.4 Å². The van der Waals surface area contributed by atoms with Gasteiger partial charge in [0.25, 0.3) is 5.91 Å². The van der Waals surface area contributed by atoms with Gasteiger partial charge >= 0.3 is 12.1 Å². The van der Waals surface area contributed by atoms with Gasteiger partial charge in [0.1, 0.15) is 0 Å². The van der Waals surface area contributed by atoms with E-state index < -0.39 is 30.0 Å². The quantitative estimate of drug-likeness (QED) is 0.900. The van der Waals surface area contributed by atoms with Crippen molar-refractivity contribution in [1.82, 2.24) is 5.32 Å². The van der Waals surface area contributed by atoms with Crippen LogP contribution in [0.25, 0.3) is 0 Å². The predicted molar refractivity (Wildman–Crippen MR) is 72.7 cm³/mol. The van der Waals surface area contributed by atoms with Gasteiger partial charge in [0.15, 0.2) is 0 Å². The fourth-order valence-electron chi connectivity index (χ4n) is 2.68. The molecule has 4 nitrogen and oxygen atoms in total. The van der Waals surface area contributed by atoms with E-state index in [2.05, 4.69) is 5.32 Å². The molecule has 2 atom stereocenters. The molecule has 0 saturated heterocycles. The number of carbonyl (C=O) groups is 2.